The SMILES string of the molecule is [B][P@]1(=O)OC[C@H]2O[C@@H](n3cnc4c(N)ccnc43)[C@H](F)[C@@H]2O[P@@](=O)(SCc2ccc(COCCOCCOCCn3nnc4c3-c3ccccc3N(C(=O)CC)Cc3ccccc3-4)cc2)OC[C@H]2O[C@@H](n3cnc4c(N)ncnc43)[C@H](F)[C@@H]2O1. The van der Waals surface area contributed by atoms with Crippen LogP contribution in [0.5, 0.6) is 0 Å². The smallest absolute Gasteiger partial charge is 0.389 e. The number of carbonyl (C=O) groups is 1. The van der Waals surface area contributed by atoms with Crippen molar-refractivity contribution in [2.75, 3.05) is 62.6 Å². The third kappa shape index (κ3) is 11.9. The second-order valence-corrected chi connectivity index (χ2v) is 25.5. The zero-order valence-corrected chi connectivity index (χ0v) is 47.6. The molecule has 12 rings (SSSR count). The van der Waals surface area contributed by atoms with Crippen molar-refractivity contribution in [2.45, 2.75) is 88.0 Å². The molecule has 3 aromatic carbocycles. The highest BCUT2D eigenvalue weighted by Crippen LogP contribution is 2.65. The van der Waals surface area contributed by atoms with Crippen LogP contribution in [0.4, 0.5) is 26.0 Å². The summed E-state index contributed by atoms with van der Waals surface area (Å²) in [5, 5.41) is 9.14. The molecule has 0 aliphatic carbocycles. The van der Waals surface area contributed by atoms with E-state index in [0.29, 0.717) is 58.1 Å². The summed E-state index contributed by atoms with van der Waals surface area (Å²) in [4.78, 5) is 36.0. The van der Waals surface area contributed by atoms with Crippen LogP contribution in [0.2, 0.25) is 0 Å². The minimum Gasteiger partial charge on any atom is -0.397 e. The highest BCUT2D eigenvalue weighted by Gasteiger charge is 2.55. The molecule has 31 heteroatoms. The molecule has 438 valence electrons. The number of nitrogens with zero attached hydrogens (tertiary/aromatic N) is 11. The van der Waals surface area contributed by atoms with Crippen LogP contribution in [0.1, 0.15) is 42.5 Å². The van der Waals surface area contributed by atoms with Gasteiger partial charge in [0.25, 0.3) is 7.47 Å². The molecule has 0 saturated carbocycles. The van der Waals surface area contributed by atoms with E-state index in [4.69, 9.17) is 60.8 Å². The maximum atomic E-state index is 17.0. The number of halogens is 2. The van der Waals surface area contributed by atoms with Gasteiger partial charge in [0.2, 0.25) is 13.5 Å². The van der Waals surface area contributed by atoms with Crippen molar-refractivity contribution in [1.82, 2.24) is 49.0 Å². The summed E-state index contributed by atoms with van der Waals surface area (Å²) >= 11 is 0.745. The Kier molecular flexibility index (Phi) is 17.1. The predicted molar refractivity (Wildman–Crippen MR) is 303 cm³/mol. The maximum absolute atomic E-state index is 17.0. The lowest BCUT2D eigenvalue weighted by atomic mass is 9.95. The number of para-hydroxylation sites is 1. The monoisotopic (exact) mass is 1210 g/mol. The molecule has 8 aromatic rings. The third-order valence-corrected chi connectivity index (χ3v) is 19.3. The number of fused-ring (bicyclic) bond motifs is 9. The molecular formula is C53H56BF2N13O12P2S. The summed E-state index contributed by atoms with van der Waals surface area (Å²) in [6.07, 6.45) is -8.03. The molecule has 0 unspecified atom stereocenters. The van der Waals surface area contributed by atoms with Gasteiger partial charge in [-0.2, -0.15) is 0 Å². The van der Waals surface area contributed by atoms with E-state index in [2.05, 4.69) is 35.2 Å². The second-order valence-electron chi connectivity index (χ2n) is 19.9. The fraction of sp³-hybridized carbons (Fsp3) is 0.396. The summed E-state index contributed by atoms with van der Waals surface area (Å²) < 4.78 is 120. The number of alkyl halides is 2. The largest absolute Gasteiger partial charge is 0.397 e. The Balaban J connectivity index is 0.658. The highest BCUT2D eigenvalue weighted by atomic mass is 32.7. The van der Waals surface area contributed by atoms with Crippen molar-refractivity contribution in [2.24, 2.45) is 0 Å². The first kappa shape index (κ1) is 57.8. The van der Waals surface area contributed by atoms with E-state index < -0.39 is 76.7 Å². The standard InChI is InChI=1S/C53H56BF2N13O12P2S/c1-2-40(70)66-23-33-7-3-4-8-34(33)43-46(35-9-5-6-10-37(35)66)69(65-64-43)17-18-73-19-20-74-21-22-75-24-31-11-13-32(14-12-31)27-84-83(72)77-26-39-47(41(55)52(79-39)68-30-63-45-49(58)60-28-61-51(45)68)80-82(54,71)76-25-38-48(81-83)42(56)53(78-38)67-29-62-44-36(57)15-16-59-50(44)67/h3-16,28-30,38-39,41-42,47-48,52-53H,2,17-27H2,1H3,(H2,57,59)(H2,58,60,61)/t38-,39-,41-,42-,47-,48-,52-,53-,82+,83+/m1/s1. The number of pyridine rings is 1. The number of nitrogens with two attached hydrogens (primary N) is 2. The number of anilines is 3. The highest BCUT2D eigenvalue weighted by molar-refractivity contribution is 8.54. The molecule has 4 aliphatic heterocycles. The third-order valence-electron chi connectivity index (χ3n) is 14.6. The Morgan fingerprint density at radius 2 is 1.39 bits per heavy atom. The lowest BCUT2D eigenvalue weighted by molar-refractivity contribution is -0.118. The lowest BCUT2D eigenvalue weighted by Gasteiger charge is -2.30. The molecule has 1 amide bonds. The fourth-order valence-electron chi connectivity index (χ4n) is 10.4. The van der Waals surface area contributed by atoms with E-state index in [1.54, 1.807) is 12.1 Å². The summed E-state index contributed by atoms with van der Waals surface area (Å²) in [7, 11) is 1.37. The van der Waals surface area contributed by atoms with E-state index in [1.807, 2.05) is 77.2 Å². The number of rotatable bonds is 17. The number of hydrogen-bond acceptors (Lipinski definition) is 22. The minimum absolute atomic E-state index is 0.0211. The van der Waals surface area contributed by atoms with Crippen molar-refractivity contribution in [3.63, 3.8) is 0 Å². The van der Waals surface area contributed by atoms with Crippen LogP contribution in [0.15, 0.2) is 104 Å². The van der Waals surface area contributed by atoms with Crippen LogP contribution in [0.3, 0.4) is 0 Å². The van der Waals surface area contributed by atoms with Gasteiger partial charge in [0, 0.05) is 29.5 Å². The number of aromatic nitrogens is 10. The lowest BCUT2D eigenvalue weighted by Crippen LogP contribution is -2.37. The molecule has 4 aliphatic rings. The van der Waals surface area contributed by atoms with Crippen LogP contribution in [0, 0.1) is 0 Å². The Morgan fingerprint density at radius 3 is 2.14 bits per heavy atom. The van der Waals surface area contributed by atoms with Gasteiger partial charge in [0.15, 0.2) is 41.9 Å². The summed E-state index contributed by atoms with van der Waals surface area (Å²) in [6, 6.07) is 24.6. The van der Waals surface area contributed by atoms with Crippen LogP contribution < -0.4 is 16.4 Å². The summed E-state index contributed by atoms with van der Waals surface area (Å²) in [5.74, 6) is 0.0808. The molecular weight excluding hydrogens is 1150 g/mol. The van der Waals surface area contributed by atoms with Crippen molar-refractivity contribution in [3.05, 3.63) is 121 Å². The molecule has 84 heavy (non-hydrogen) atoms. The Morgan fingerprint density at radius 1 is 0.750 bits per heavy atom. The van der Waals surface area contributed by atoms with Crippen LogP contribution in [-0.2, 0) is 81.2 Å². The number of benzene rings is 3. The molecule has 3 saturated heterocycles. The molecule has 10 atom stereocenters. The van der Waals surface area contributed by atoms with Gasteiger partial charge in [0.1, 0.15) is 47.5 Å². The molecule has 9 heterocycles. The van der Waals surface area contributed by atoms with Crippen LogP contribution in [-0.4, -0.2) is 146 Å². The van der Waals surface area contributed by atoms with E-state index in [0.717, 1.165) is 50.7 Å². The Hall–Kier alpha value is -6.59. The van der Waals surface area contributed by atoms with Gasteiger partial charge < -0.3 is 49.1 Å². The van der Waals surface area contributed by atoms with E-state index in [9.17, 15) is 9.36 Å². The van der Waals surface area contributed by atoms with E-state index in [1.165, 1.54) is 40.4 Å². The average molecular weight is 1210 g/mol. The first-order chi connectivity index (χ1) is 40.8. The van der Waals surface area contributed by atoms with Gasteiger partial charge in [-0.15, -0.1) is 5.10 Å². The van der Waals surface area contributed by atoms with Gasteiger partial charge >= 0.3 is 6.80 Å². The molecule has 0 bridgehead atoms. The van der Waals surface area contributed by atoms with E-state index >= 15 is 13.3 Å². The summed E-state index contributed by atoms with van der Waals surface area (Å²) in [5.41, 5.74) is 19.8. The first-order valence-electron chi connectivity index (χ1n) is 26.9. The number of nitrogen functional groups attached to an aromatic ring is 2. The van der Waals surface area contributed by atoms with Crippen molar-refractivity contribution >= 4 is 78.6 Å². The maximum Gasteiger partial charge on any atom is 0.389 e. The van der Waals surface area contributed by atoms with Gasteiger partial charge in [-0.1, -0.05) is 78.9 Å². The van der Waals surface area contributed by atoms with Gasteiger partial charge in [0.05, 0.1) is 95.7 Å². The number of imidazole rings is 2. The van der Waals surface area contributed by atoms with Gasteiger partial charge in [-0.25, -0.2) is 42.9 Å². The van der Waals surface area contributed by atoms with Gasteiger partial charge in [-0.05, 0) is 40.2 Å². The van der Waals surface area contributed by atoms with E-state index in [-0.39, 0.29) is 52.1 Å². The van der Waals surface area contributed by atoms with Crippen LogP contribution in [0.25, 0.3) is 44.8 Å². The minimum atomic E-state index is -4.69. The first-order valence-corrected chi connectivity index (χ1v) is 31.6. The van der Waals surface area contributed by atoms with Crippen molar-refractivity contribution in [3.8, 4) is 22.5 Å². The number of carbonyl (C=O) groups excluding carboxylic acids is 1. The second kappa shape index (κ2) is 24.8. The normalized spacial score (nSPS) is 26.1. The predicted octanol–water partition coefficient (Wildman–Crippen LogP) is 7.47. The molecule has 25 nitrogen and oxygen atoms in total. The average Bonchev–Trinajstić information content (AvgIpc) is 2.24. The number of ether oxygens (including phenoxy) is 5. The molecule has 3 fully saturated rings. The Labute approximate surface area is 484 Å². The van der Waals surface area contributed by atoms with Crippen LogP contribution >= 0.6 is 25.7 Å². The van der Waals surface area contributed by atoms with Crippen molar-refractivity contribution < 1.29 is 64.5 Å². The zero-order chi connectivity index (χ0) is 58.1. The quantitative estimate of drug-likeness (QED) is 0.0507. The molecule has 5 aromatic heterocycles. The number of amides is 1. The zero-order valence-electron chi connectivity index (χ0n) is 45.0. The molecule has 0 spiro atoms. The molecule has 4 N–H and O–H groups in total. The van der Waals surface area contributed by atoms with Crippen molar-refractivity contribution in [1.29, 1.82) is 0 Å². The van der Waals surface area contributed by atoms with Gasteiger partial charge in [-0.3, -0.25) is 27.5 Å². The molecule has 2 radical (unpaired) electrons. The summed E-state index contributed by atoms with van der Waals surface area (Å²) in [6.45, 7) is -1.31. The fourth-order valence-corrected chi connectivity index (χ4v) is 14.8. The Bertz CT molecular complexity index is 3780. The topological polar surface area (TPSA) is 295 Å². The number of hydrogen-bond donors (Lipinski definition) is 2.